The average molecular weight is 612 g/mol. The van der Waals surface area contributed by atoms with Crippen LogP contribution in [0.2, 0.25) is 0 Å². The predicted molar refractivity (Wildman–Crippen MR) is 170 cm³/mol. The normalized spacial score (nSPS) is 23.8. The molecule has 2 aromatic heterocycles. The number of nitrogens with zero attached hydrogens (tertiary/aromatic N) is 5. The number of carbonyl (C=O) groups excluding carboxylic acids is 2. The smallest absolute Gasteiger partial charge is 0.319 e. The molecule has 3 aliphatic carbocycles. The van der Waals surface area contributed by atoms with Crippen molar-refractivity contribution in [2.75, 3.05) is 39.5 Å². The van der Waals surface area contributed by atoms with Gasteiger partial charge in [0.1, 0.15) is 11.8 Å². The largest absolute Gasteiger partial charge is 0.392 e. The van der Waals surface area contributed by atoms with E-state index in [1.54, 1.807) is 35.0 Å². The lowest BCUT2D eigenvalue weighted by molar-refractivity contribution is -0.126. The summed E-state index contributed by atoms with van der Waals surface area (Å²) in [4.78, 5) is 43.4. The molecule has 4 heterocycles. The summed E-state index contributed by atoms with van der Waals surface area (Å²) in [5.74, 6) is -0.0264. The van der Waals surface area contributed by atoms with E-state index in [2.05, 4.69) is 21.0 Å². The Hall–Kier alpha value is -4.51. The Balaban J connectivity index is 1.21. The third-order valence-corrected chi connectivity index (χ3v) is 9.52. The minimum atomic E-state index is -1.16. The van der Waals surface area contributed by atoms with Crippen LogP contribution < -0.4 is 5.73 Å². The standard InChI is InChI=1S/C34H38FN7O3/c1-40(2)34(45)41-11-8-20(9-12-41)28-16-25-31(38-33(36)39-32(25)37-28)23-4-3-5-29(26(23)18-43)42-13-10-21-14-22(19-6-7-19)15-27(35)24(21)17-30(42)44/h3,5,8,10,13-14,16,19,23,27,43H,4,6-7,9,11-12,15,17-18H2,1-2H3,(H3,36,37,38,39). The number of aliphatic hydroxyl groups excluding tert-OH is 1. The van der Waals surface area contributed by atoms with Gasteiger partial charge in [-0.05, 0) is 72.1 Å². The minimum Gasteiger partial charge on any atom is -0.392 e. The van der Waals surface area contributed by atoms with Gasteiger partial charge in [-0.25, -0.2) is 14.2 Å². The van der Waals surface area contributed by atoms with Crippen molar-refractivity contribution < 1.29 is 19.1 Å². The van der Waals surface area contributed by atoms with Gasteiger partial charge in [0.15, 0.2) is 0 Å². The lowest BCUT2D eigenvalue weighted by atomic mass is 9.85. The number of urea groups is 1. The Labute approximate surface area is 261 Å². The van der Waals surface area contributed by atoms with Crippen molar-refractivity contribution in [2.45, 2.75) is 50.6 Å². The van der Waals surface area contributed by atoms with Crippen LogP contribution in [0, 0.1) is 5.92 Å². The number of alkyl halides is 1. The molecule has 0 saturated heterocycles. The lowest BCUT2D eigenvalue weighted by Crippen LogP contribution is -2.41. The molecule has 2 aliphatic heterocycles. The highest BCUT2D eigenvalue weighted by Crippen LogP contribution is 2.45. The molecule has 0 radical (unpaired) electrons. The van der Waals surface area contributed by atoms with Crippen LogP contribution in [0.1, 0.15) is 55.8 Å². The number of hydrogen-bond donors (Lipinski definition) is 3. The monoisotopic (exact) mass is 611 g/mol. The maximum atomic E-state index is 15.3. The third kappa shape index (κ3) is 5.39. The molecule has 3 amide bonds. The van der Waals surface area contributed by atoms with E-state index in [9.17, 15) is 14.7 Å². The molecular formula is C34H38FN7O3. The van der Waals surface area contributed by atoms with Crippen molar-refractivity contribution in [2.24, 2.45) is 5.92 Å². The molecule has 234 valence electrons. The zero-order chi connectivity index (χ0) is 31.4. The highest BCUT2D eigenvalue weighted by molar-refractivity contribution is 5.87. The van der Waals surface area contributed by atoms with Gasteiger partial charge in [-0.1, -0.05) is 23.8 Å². The number of anilines is 1. The van der Waals surface area contributed by atoms with Crippen molar-refractivity contribution >= 4 is 34.5 Å². The van der Waals surface area contributed by atoms with Gasteiger partial charge in [0.05, 0.1) is 24.4 Å². The fraction of sp³-hybridized carbons (Fsp3) is 0.412. The summed E-state index contributed by atoms with van der Waals surface area (Å²) in [6.07, 6.45) is 14.1. The van der Waals surface area contributed by atoms with E-state index in [1.165, 1.54) is 0 Å². The van der Waals surface area contributed by atoms with E-state index in [1.807, 2.05) is 30.4 Å². The molecule has 5 aliphatic rings. The maximum absolute atomic E-state index is 15.3. The Bertz CT molecular complexity index is 1770. The van der Waals surface area contributed by atoms with Gasteiger partial charge in [0.2, 0.25) is 11.9 Å². The van der Waals surface area contributed by atoms with Gasteiger partial charge in [0.25, 0.3) is 0 Å². The van der Waals surface area contributed by atoms with Crippen LogP contribution in [0.5, 0.6) is 0 Å². The quantitative estimate of drug-likeness (QED) is 0.448. The molecule has 2 atom stereocenters. The number of nitrogens with one attached hydrogen (secondary N) is 1. The summed E-state index contributed by atoms with van der Waals surface area (Å²) in [7, 11) is 3.49. The molecule has 4 N–H and O–H groups in total. The summed E-state index contributed by atoms with van der Waals surface area (Å²) in [6, 6.07) is 1.98. The number of nitrogens with two attached hydrogens (primary N) is 1. The van der Waals surface area contributed by atoms with Gasteiger partial charge in [-0.15, -0.1) is 0 Å². The van der Waals surface area contributed by atoms with Crippen LogP contribution in [-0.2, 0) is 4.79 Å². The number of amides is 3. The average Bonchev–Trinajstić information content (AvgIpc) is 3.82. The number of allylic oxidation sites excluding steroid dienone is 6. The number of hydrogen-bond acceptors (Lipinski definition) is 6. The van der Waals surface area contributed by atoms with E-state index >= 15 is 4.39 Å². The number of fused-ring (bicyclic) bond motifs is 1. The second-order valence-electron chi connectivity index (χ2n) is 12.7. The molecule has 0 aromatic carbocycles. The number of H-pyrrole nitrogens is 1. The molecule has 0 spiro atoms. The van der Waals surface area contributed by atoms with Crippen LogP contribution >= 0.6 is 0 Å². The van der Waals surface area contributed by atoms with E-state index in [4.69, 9.17) is 5.73 Å². The molecule has 2 aromatic rings. The number of halogens is 1. The summed E-state index contributed by atoms with van der Waals surface area (Å²) in [5, 5.41) is 11.5. The summed E-state index contributed by atoms with van der Waals surface area (Å²) < 4.78 is 15.3. The number of aromatic nitrogens is 3. The number of nitrogen functional groups attached to an aromatic ring is 1. The van der Waals surface area contributed by atoms with Gasteiger partial charge in [-0.2, -0.15) is 4.98 Å². The molecule has 1 saturated carbocycles. The highest BCUT2D eigenvalue weighted by Gasteiger charge is 2.36. The number of aromatic amines is 1. The van der Waals surface area contributed by atoms with Gasteiger partial charge in [-0.3, -0.25) is 9.69 Å². The third-order valence-electron chi connectivity index (χ3n) is 9.52. The molecule has 45 heavy (non-hydrogen) atoms. The number of aliphatic hydroxyl groups is 1. The first-order chi connectivity index (χ1) is 21.7. The van der Waals surface area contributed by atoms with Gasteiger partial charge in [0, 0.05) is 56.8 Å². The van der Waals surface area contributed by atoms with Crippen molar-refractivity contribution in [1.29, 1.82) is 0 Å². The minimum absolute atomic E-state index is 0.0167. The highest BCUT2D eigenvalue weighted by atomic mass is 19.1. The first kappa shape index (κ1) is 29.2. The zero-order valence-electron chi connectivity index (χ0n) is 25.6. The fourth-order valence-electron chi connectivity index (χ4n) is 6.98. The Morgan fingerprint density at radius 2 is 2.07 bits per heavy atom. The molecule has 11 heteroatoms. The molecule has 10 nitrogen and oxygen atoms in total. The van der Waals surface area contributed by atoms with Crippen molar-refractivity contribution in [3.63, 3.8) is 0 Å². The summed E-state index contributed by atoms with van der Waals surface area (Å²) >= 11 is 0. The predicted octanol–water partition coefficient (Wildman–Crippen LogP) is 4.72. The SMILES string of the molecule is CN(C)C(=O)N1CC=C(c2cc3c(C4CC=CC(N5C=CC6=C(CC5=O)C(F)CC(C5CC5)=C6)=C4CO)nc(N)nc3[nH]2)CC1. The van der Waals surface area contributed by atoms with Gasteiger partial charge >= 0.3 is 6.03 Å². The Morgan fingerprint density at radius 1 is 1.24 bits per heavy atom. The fourth-order valence-corrected chi connectivity index (χ4v) is 6.98. The van der Waals surface area contributed by atoms with Crippen LogP contribution in [0.25, 0.3) is 16.6 Å². The van der Waals surface area contributed by atoms with Crippen LogP contribution in [0.4, 0.5) is 15.1 Å². The van der Waals surface area contributed by atoms with Crippen LogP contribution in [0.3, 0.4) is 0 Å². The van der Waals surface area contributed by atoms with Crippen molar-refractivity contribution in [1.82, 2.24) is 29.7 Å². The van der Waals surface area contributed by atoms with Crippen LogP contribution in [-0.4, -0.2) is 86.7 Å². The number of rotatable bonds is 5. The van der Waals surface area contributed by atoms with Crippen LogP contribution in [0.15, 0.2) is 70.6 Å². The van der Waals surface area contributed by atoms with E-state index in [0.29, 0.717) is 66.5 Å². The van der Waals surface area contributed by atoms with Gasteiger partial charge < -0.3 is 25.6 Å². The van der Waals surface area contributed by atoms with E-state index in [-0.39, 0.29) is 36.8 Å². The summed E-state index contributed by atoms with van der Waals surface area (Å²) in [5.41, 5.74) is 13.1. The molecule has 7 rings (SSSR count). The Kier molecular flexibility index (Phi) is 7.43. The zero-order valence-corrected chi connectivity index (χ0v) is 25.6. The second-order valence-corrected chi connectivity index (χ2v) is 12.7. The number of carbonyl (C=O) groups is 2. The van der Waals surface area contributed by atoms with Crippen molar-refractivity contribution in [3.8, 4) is 0 Å². The topological polar surface area (TPSA) is 132 Å². The second kappa shape index (κ2) is 11.4. The summed E-state index contributed by atoms with van der Waals surface area (Å²) in [6.45, 7) is 0.812. The maximum Gasteiger partial charge on any atom is 0.319 e. The molecule has 2 unspecified atom stereocenters. The molecular weight excluding hydrogens is 573 g/mol. The lowest BCUT2D eigenvalue weighted by Gasteiger charge is -2.29. The molecule has 1 fully saturated rings. The Morgan fingerprint density at radius 3 is 2.78 bits per heavy atom. The molecule has 0 bridgehead atoms. The van der Waals surface area contributed by atoms with Crippen molar-refractivity contribution in [3.05, 3.63) is 82.0 Å². The first-order valence-corrected chi connectivity index (χ1v) is 15.6. The van der Waals surface area contributed by atoms with E-state index in [0.717, 1.165) is 40.6 Å². The first-order valence-electron chi connectivity index (χ1n) is 15.6. The van der Waals surface area contributed by atoms with E-state index < -0.39 is 6.17 Å².